The number of hydrogen-bond donors (Lipinski definition) is 1. The number of hydrogen-bond acceptors (Lipinski definition) is 3. The summed E-state index contributed by atoms with van der Waals surface area (Å²) >= 11 is 0. The van der Waals surface area contributed by atoms with Crippen molar-refractivity contribution in [2.45, 2.75) is 25.8 Å². The zero-order valence-corrected chi connectivity index (χ0v) is 9.08. The molecule has 0 spiro atoms. The van der Waals surface area contributed by atoms with E-state index in [1.165, 1.54) is 0 Å². The maximum absolute atomic E-state index is 11.7. The second kappa shape index (κ2) is 5.98. The second-order valence-electron chi connectivity index (χ2n) is 3.61. The van der Waals surface area contributed by atoms with Crippen LogP contribution in [0.2, 0.25) is 0 Å². The van der Waals surface area contributed by atoms with Crippen LogP contribution in [0.3, 0.4) is 0 Å². The number of carbonyl (C=O) groups is 1. The highest BCUT2D eigenvalue weighted by atomic mass is 16.5. The molecule has 0 aliphatic carbocycles. The topological polar surface area (TPSA) is 41.6 Å². The molecule has 4 heteroatoms. The molecule has 1 rings (SSSR count). The van der Waals surface area contributed by atoms with Crippen molar-refractivity contribution in [3.8, 4) is 0 Å². The summed E-state index contributed by atoms with van der Waals surface area (Å²) in [6.45, 7) is 4.95. The van der Waals surface area contributed by atoms with E-state index in [1.807, 2.05) is 14.0 Å². The summed E-state index contributed by atoms with van der Waals surface area (Å²) in [6.07, 6.45) is 2.08. The van der Waals surface area contributed by atoms with Crippen molar-refractivity contribution in [2.24, 2.45) is 0 Å². The number of likely N-dealkylation sites (N-methyl/N-ethyl adjacent to an activating group) is 1. The summed E-state index contributed by atoms with van der Waals surface area (Å²) in [5.41, 5.74) is 0. The van der Waals surface area contributed by atoms with E-state index in [4.69, 9.17) is 4.74 Å². The van der Waals surface area contributed by atoms with Crippen molar-refractivity contribution in [2.75, 3.05) is 33.4 Å². The van der Waals surface area contributed by atoms with Gasteiger partial charge in [0.15, 0.2) is 0 Å². The molecule has 1 saturated heterocycles. The minimum atomic E-state index is 0.0432. The van der Waals surface area contributed by atoms with Crippen molar-refractivity contribution in [1.82, 2.24) is 10.2 Å². The maximum atomic E-state index is 11.7. The first-order chi connectivity index (χ1) is 6.75. The van der Waals surface area contributed by atoms with Gasteiger partial charge in [0.25, 0.3) is 0 Å². The van der Waals surface area contributed by atoms with E-state index < -0.39 is 0 Å². The van der Waals surface area contributed by atoms with E-state index in [2.05, 4.69) is 5.32 Å². The van der Waals surface area contributed by atoms with Gasteiger partial charge in [-0.1, -0.05) is 0 Å². The number of carbonyl (C=O) groups excluding carboxylic acids is 1. The Labute approximate surface area is 85.6 Å². The lowest BCUT2D eigenvalue weighted by atomic mass is 10.2. The molecule has 0 aromatic heterocycles. The van der Waals surface area contributed by atoms with Crippen molar-refractivity contribution in [1.29, 1.82) is 0 Å². The Kier molecular flexibility index (Phi) is 4.90. The van der Waals surface area contributed by atoms with Crippen LogP contribution in [0.5, 0.6) is 0 Å². The van der Waals surface area contributed by atoms with Crippen LogP contribution in [-0.4, -0.2) is 50.2 Å². The maximum Gasteiger partial charge on any atom is 0.239 e. The van der Waals surface area contributed by atoms with Gasteiger partial charge in [-0.25, -0.2) is 0 Å². The highest BCUT2D eigenvalue weighted by Gasteiger charge is 2.24. The van der Waals surface area contributed by atoms with Crippen LogP contribution in [0.4, 0.5) is 0 Å². The second-order valence-corrected chi connectivity index (χ2v) is 3.61. The Balaban J connectivity index is 2.21. The van der Waals surface area contributed by atoms with Gasteiger partial charge in [0.05, 0.1) is 12.6 Å². The third-order valence-corrected chi connectivity index (χ3v) is 2.51. The molecule has 0 aromatic rings. The van der Waals surface area contributed by atoms with Crippen LogP contribution in [0.25, 0.3) is 0 Å². The molecule has 14 heavy (non-hydrogen) atoms. The van der Waals surface area contributed by atoms with E-state index in [0.717, 1.165) is 19.4 Å². The van der Waals surface area contributed by atoms with Crippen LogP contribution < -0.4 is 5.32 Å². The number of amides is 1. The fourth-order valence-corrected chi connectivity index (χ4v) is 1.62. The van der Waals surface area contributed by atoms with Gasteiger partial charge >= 0.3 is 0 Å². The molecule has 1 atom stereocenters. The minimum absolute atomic E-state index is 0.0432. The highest BCUT2D eigenvalue weighted by molar-refractivity contribution is 5.81. The van der Waals surface area contributed by atoms with Gasteiger partial charge in [-0.3, -0.25) is 4.79 Å². The monoisotopic (exact) mass is 200 g/mol. The van der Waals surface area contributed by atoms with Crippen LogP contribution >= 0.6 is 0 Å². The summed E-state index contributed by atoms with van der Waals surface area (Å²) in [7, 11) is 1.83. The van der Waals surface area contributed by atoms with Gasteiger partial charge in [0.2, 0.25) is 5.91 Å². The molecule has 1 fully saturated rings. The molecule has 1 heterocycles. The fraction of sp³-hybridized carbons (Fsp3) is 0.900. The summed E-state index contributed by atoms with van der Waals surface area (Å²) in [5, 5.41) is 3.20. The lowest BCUT2D eigenvalue weighted by Crippen LogP contribution is -2.42. The molecule has 0 unspecified atom stereocenters. The van der Waals surface area contributed by atoms with E-state index in [-0.39, 0.29) is 11.9 Å². The molecule has 1 aliphatic rings. The molecular formula is C10H20N2O2. The zero-order valence-electron chi connectivity index (χ0n) is 9.08. The number of nitrogens with zero attached hydrogens (tertiary/aromatic N) is 1. The first-order valence-corrected chi connectivity index (χ1v) is 5.31. The summed E-state index contributed by atoms with van der Waals surface area (Å²) in [5.74, 6) is 0.196. The lowest BCUT2D eigenvalue weighted by molar-refractivity contribution is -0.132. The molecule has 4 nitrogen and oxygen atoms in total. The lowest BCUT2D eigenvalue weighted by Gasteiger charge is -2.20. The Bertz CT molecular complexity index is 179. The van der Waals surface area contributed by atoms with Gasteiger partial charge in [-0.2, -0.15) is 0 Å². The fourth-order valence-electron chi connectivity index (χ4n) is 1.62. The van der Waals surface area contributed by atoms with Crippen LogP contribution in [0.15, 0.2) is 0 Å². The average molecular weight is 200 g/mol. The number of nitrogens with one attached hydrogen (secondary N) is 1. The van der Waals surface area contributed by atoms with E-state index in [1.54, 1.807) is 4.90 Å². The van der Waals surface area contributed by atoms with Gasteiger partial charge in [-0.05, 0) is 26.3 Å². The third-order valence-electron chi connectivity index (χ3n) is 2.51. The Morgan fingerprint density at radius 2 is 2.43 bits per heavy atom. The zero-order chi connectivity index (χ0) is 10.4. The Morgan fingerprint density at radius 3 is 3.00 bits per heavy atom. The van der Waals surface area contributed by atoms with Crippen molar-refractivity contribution >= 4 is 5.91 Å². The molecule has 1 amide bonds. The van der Waals surface area contributed by atoms with E-state index in [0.29, 0.717) is 19.8 Å². The SMILES string of the molecule is CCOCCN(C)C(=O)[C@H]1CCCN1. The third kappa shape index (κ3) is 3.27. The number of rotatable bonds is 5. The quantitative estimate of drug-likeness (QED) is 0.646. The predicted molar refractivity (Wildman–Crippen MR) is 55.2 cm³/mol. The predicted octanol–water partition coefficient (Wildman–Crippen LogP) is 0.233. The molecule has 82 valence electrons. The molecule has 0 bridgehead atoms. The van der Waals surface area contributed by atoms with E-state index in [9.17, 15) is 4.79 Å². The van der Waals surface area contributed by atoms with Crippen molar-refractivity contribution in [3.63, 3.8) is 0 Å². The first kappa shape index (κ1) is 11.5. The average Bonchev–Trinajstić information content (AvgIpc) is 2.69. The number of ether oxygens (including phenoxy) is 1. The minimum Gasteiger partial charge on any atom is -0.380 e. The van der Waals surface area contributed by atoms with E-state index >= 15 is 0 Å². The van der Waals surface area contributed by atoms with Crippen LogP contribution in [0, 0.1) is 0 Å². The first-order valence-electron chi connectivity index (χ1n) is 5.31. The molecule has 1 aliphatic heterocycles. The van der Waals surface area contributed by atoms with Crippen LogP contribution in [-0.2, 0) is 9.53 Å². The molecule has 0 aromatic carbocycles. The molecule has 0 saturated carbocycles. The van der Waals surface area contributed by atoms with Gasteiger partial charge < -0.3 is 15.0 Å². The van der Waals surface area contributed by atoms with Gasteiger partial charge in [-0.15, -0.1) is 0 Å². The molecule has 0 radical (unpaired) electrons. The summed E-state index contributed by atoms with van der Waals surface area (Å²) < 4.78 is 5.20. The smallest absolute Gasteiger partial charge is 0.239 e. The molecular weight excluding hydrogens is 180 g/mol. The summed E-state index contributed by atoms with van der Waals surface area (Å²) in [4.78, 5) is 13.5. The van der Waals surface area contributed by atoms with Gasteiger partial charge in [0, 0.05) is 20.2 Å². The Morgan fingerprint density at radius 1 is 1.64 bits per heavy atom. The largest absolute Gasteiger partial charge is 0.380 e. The van der Waals surface area contributed by atoms with Crippen molar-refractivity contribution < 1.29 is 9.53 Å². The summed E-state index contributed by atoms with van der Waals surface area (Å²) in [6, 6.07) is 0.0432. The standard InChI is InChI=1S/C10H20N2O2/c1-3-14-8-7-12(2)10(13)9-5-4-6-11-9/h9,11H,3-8H2,1-2H3/t9-/m1/s1. The molecule has 1 N–H and O–H groups in total. The van der Waals surface area contributed by atoms with Crippen LogP contribution in [0.1, 0.15) is 19.8 Å². The van der Waals surface area contributed by atoms with Gasteiger partial charge in [0.1, 0.15) is 0 Å². The normalized spacial score (nSPS) is 21.1. The Hall–Kier alpha value is -0.610. The highest BCUT2D eigenvalue weighted by Crippen LogP contribution is 2.07. The van der Waals surface area contributed by atoms with Crippen molar-refractivity contribution in [3.05, 3.63) is 0 Å².